The summed E-state index contributed by atoms with van der Waals surface area (Å²) in [6.07, 6.45) is 26.5. The molecular weight excluding hydrogens is 556 g/mol. The molecule has 2 heterocycles. The molecular formula is C37H66O7. The van der Waals surface area contributed by atoms with Gasteiger partial charge in [0.25, 0.3) is 0 Å². The van der Waals surface area contributed by atoms with Gasteiger partial charge >= 0.3 is 5.97 Å². The van der Waals surface area contributed by atoms with Crippen molar-refractivity contribution in [2.24, 2.45) is 0 Å². The van der Waals surface area contributed by atoms with E-state index in [2.05, 4.69) is 19.1 Å². The highest BCUT2D eigenvalue weighted by atomic mass is 16.5. The predicted octanol–water partition coefficient (Wildman–Crippen LogP) is 7.62. The monoisotopic (exact) mass is 622 g/mol. The third-order valence-electron chi connectivity index (χ3n) is 9.30. The molecule has 0 saturated carbocycles. The number of esters is 1. The number of carbonyl (C=O) groups excluding carboxylic acids is 1. The van der Waals surface area contributed by atoms with Gasteiger partial charge in [-0.15, -0.1) is 0 Å². The molecule has 2 rings (SSSR count). The molecule has 44 heavy (non-hydrogen) atoms. The molecule has 2 aliphatic heterocycles. The summed E-state index contributed by atoms with van der Waals surface area (Å²) in [5.74, 6) is -0.302. The van der Waals surface area contributed by atoms with E-state index in [1.807, 2.05) is 6.92 Å². The lowest BCUT2D eigenvalue weighted by atomic mass is 10.0. The van der Waals surface area contributed by atoms with Gasteiger partial charge in [-0.3, -0.25) is 0 Å². The van der Waals surface area contributed by atoms with Crippen LogP contribution in [0.5, 0.6) is 0 Å². The highest BCUT2D eigenvalue weighted by Crippen LogP contribution is 2.28. The highest BCUT2D eigenvalue weighted by Gasteiger charge is 2.30. The van der Waals surface area contributed by atoms with Crippen molar-refractivity contribution >= 4 is 5.97 Å². The molecule has 0 aromatic heterocycles. The Bertz CT molecular complexity index is 797. The topological polar surface area (TPSA) is 116 Å². The van der Waals surface area contributed by atoms with Gasteiger partial charge in [0.1, 0.15) is 6.10 Å². The average molecular weight is 623 g/mol. The fourth-order valence-corrected chi connectivity index (χ4v) is 6.48. The molecule has 1 fully saturated rings. The lowest BCUT2D eigenvalue weighted by Gasteiger charge is -2.19. The SMILES string of the molecule is CCCCCCCCCCCCC(O)C(O)CC/C=C/CCC(O)C1CCC(CCCCCC(O)CC2=CC(C)OC2=O)O1. The molecule has 0 spiro atoms. The molecule has 0 radical (unpaired) electrons. The van der Waals surface area contributed by atoms with Crippen LogP contribution in [0.25, 0.3) is 0 Å². The van der Waals surface area contributed by atoms with Gasteiger partial charge in [0, 0.05) is 12.0 Å². The van der Waals surface area contributed by atoms with Crippen molar-refractivity contribution in [3.05, 3.63) is 23.8 Å². The Kier molecular flexibility index (Phi) is 21.2. The summed E-state index contributed by atoms with van der Waals surface area (Å²) in [7, 11) is 0. The maximum absolute atomic E-state index is 11.7. The summed E-state index contributed by atoms with van der Waals surface area (Å²) in [6.45, 7) is 4.07. The minimum Gasteiger partial charge on any atom is -0.455 e. The lowest BCUT2D eigenvalue weighted by Crippen LogP contribution is -2.26. The van der Waals surface area contributed by atoms with Crippen LogP contribution in [-0.4, -0.2) is 69.1 Å². The third-order valence-corrected chi connectivity index (χ3v) is 9.30. The molecule has 256 valence electrons. The summed E-state index contributed by atoms with van der Waals surface area (Å²) in [6, 6.07) is 0. The summed E-state index contributed by atoms with van der Waals surface area (Å²) >= 11 is 0. The standard InChI is InChI=1S/C37H66O7/c1-3-4-5-6-7-8-9-10-11-17-22-33(39)34(40)23-18-12-13-19-24-35(41)36-26-25-32(44-36)21-16-14-15-20-31(38)28-30-27-29(2)43-37(30)42/h12-13,27,29,31-36,38-41H,3-11,14-26,28H2,1-2H3/b13-12+. The van der Waals surface area contributed by atoms with Gasteiger partial charge in [0.05, 0.1) is 36.6 Å². The van der Waals surface area contributed by atoms with Crippen LogP contribution in [0, 0.1) is 0 Å². The molecule has 1 saturated heterocycles. The van der Waals surface area contributed by atoms with Gasteiger partial charge in [-0.1, -0.05) is 103 Å². The normalized spacial score (nSPS) is 23.2. The van der Waals surface area contributed by atoms with Crippen molar-refractivity contribution in [3.8, 4) is 0 Å². The largest absolute Gasteiger partial charge is 0.455 e. The Labute approximate surface area is 268 Å². The Morgan fingerprint density at radius 3 is 2.02 bits per heavy atom. The smallest absolute Gasteiger partial charge is 0.334 e. The summed E-state index contributed by atoms with van der Waals surface area (Å²) in [4.78, 5) is 11.7. The molecule has 7 heteroatoms. The zero-order valence-corrected chi connectivity index (χ0v) is 28.1. The fraction of sp³-hybridized carbons (Fsp3) is 0.865. The molecule has 0 aliphatic carbocycles. The van der Waals surface area contributed by atoms with Crippen LogP contribution in [0.15, 0.2) is 23.8 Å². The van der Waals surface area contributed by atoms with Gasteiger partial charge in [0.15, 0.2) is 0 Å². The van der Waals surface area contributed by atoms with Crippen molar-refractivity contribution in [2.45, 2.75) is 204 Å². The second-order valence-electron chi connectivity index (χ2n) is 13.5. The Balaban J connectivity index is 1.42. The maximum Gasteiger partial charge on any atom is 0.334 e. The zero-order valence-electron chi connectivity index (χ0n) is 28.1. The Morgan fingerprint density at radius 1 is 0.773 bits per heavy atom. The number of ether oxygens (including phenoxy) is 2. The molecule has 0 aromatic rings. The van der Waals surface area contributed by atoms with Crippen LogP contribution >= 0.6 is 0 Å². The van der Waals surface area contributed by atoms with Crippen molar-refractivity contribution in [2.75, 3.05) is 0 Å². The van der Waals surface area contributed by atoms with Crippen LogP contribution < -0.4 is 0 Å². The van der Waals surface area contributed by atoms with Crippen molar-refractivity contribution in [3.63, 3.8) is 0 Å². The fourth-order valence-electron chi connectivity index (χ4n) is 6.48. The van der Waals surface area contributed by atoms with Crippen molar-refractivity contribution in [1.29, 1.82) is 0 Å². The summed E-state index contributed by atoms with van der Waals surface area (Å²) in [5, 5.41) is 41.4. The highest BCUT2D eigenvalue weighted by molar-refractivity contribution is 5.90. The van der Waals surface area contributed by atoms with Gasteiger partial charge in [-0.25, -0.2) is 4.79 Å². The number of rotatable bonds is 27. The number of carbonyl (C=O) groups is 1. The molecule has 7 nitrogen and oxygen atoms in total. The van der Waals surface area contributed by atoms with E-state index in [0.717, 1.165) is 64.2 Å². The van der Waals surface area contributed by atoms with Gasteiger partial charge in [-0.05, 0) is 70.8 Å². The van der Waals surface area contributed by atoms with E-state index >= 15 is 0 Å². The molecule has 0 bridgehead atoms. The molecule has 4 N–H and O–H groups in total. The Hall–Kier alpha value is -1.25. The second-order valence-corrected chi connectivity index (χ2v) is 13.5. The number of aliphatic hydroxyl groups is 4. The van der Waals surface area contributed by atoms with Crippen LogP contribution in [0.3, 0.4) is 0 Å². The van der Waals surface area contributed by atoms with E-state index < -0.39 is 24.4 Å². The van der Waals surface area contributed by atoms with E-state index in [-0.39, 0.29) is 24.3 Å². The number of allylic oxidation sites excluding steroid dienone is 2. The number of cyclic esters (lactones) is 1. The van der Waals surface area contributed by atoms with Crippen molar-refractivity contribution < 1.29 is 34.7 Å². The quantitative estimate of drug-likeness (QED) is 0.0423. The van der Waals surface area contributed by atoms with Crippen molar-refractivity contribution in [1.82, 2.24) is 0 Å². The molecule has 2 aliphatic rings. The molecule has 0 aromatic carbocycles. The number of aliphatic hydroxyl groups excluding tert-OH is 4. The number of hydrogen-bond donors (Lipinski definition) is 4. The van der Waals surface area contributed by atoms with E-state index in [0.29, 0.717) is 37.7 Å². The van der Waals surface area contributed by atoms with E-state index in [4.69, 9.17) is 9.47 Å². The molecule has 7 unspecified atom stereocenters. The minimum absolute atomic E-state index is 0.0974. The van der Waals surface area contributed by atoms with E-state index in [1.54, 1.807) is 6.08 Å². The van der Waals surface area contributed by atoms with Gasteiger partial charge in [-0.2, -0.15) is 0 Å². The summed E-state index contributed by atoms with van der Waals surface area (Å²) < 4.78 is 11.2. The third kappa shape index (κ3) is 17.4. The van der Waals surface area contributed by atoms with Crippen LogP contribution in [0.4, 0.5) is 0 Å². The predicted molar refractivity (Wildman–Crippen MR) is 177 cm³/mol. The first kappa shape index (κ1) is 38.9. The lowest BCUT2D eigenvalue weighted by molar-refractivity contribution is -0.139. The zero-order chi connectivity index (χ0) is 32.0. The number of unbranched alkanes of at least 4 members (excludes halogenated alkanes) is 11. The second kappa shape index (κ2) is 24.0. The average Bonchev–Trinajstić information content (AvgIpc) is 3.60. The van der Waals surface area contributed by atoms with Gasteiger partial charge < -0.3 is 29.9 Å². The molecule has 7 atom stereocenters. The first-order valence-electron chi connectivity index (χ1n) is 18.2. The first-order chi connectivity index (χ1) is 21.3. The molecule has 0 amide bonds. The minimum atomic E-state index is -0.669. The van der Waals surface area contributed by atoms with Crippen LogP contribution in [0.2, 0.25) is 0 Å². The van der Waals surface area contributed by atoms with Gasteiger partial charge in [0.2, 0.25) is 0 Å². The maximum atomic E-state index is 11.7. The Morgan fingerprint density at radius 2 is 1.36 bits per heavy atom. The van der Waals surface area contributed by atoms with E-state index in [9.17, 15) is 25.2 Å². The first-order valence-corrected chi connectivity index (χ1v) is 18.2. The number of hydrogen-bond acceptors (Lipinski definition) is 7. The summed E-state index contributed by atoms with van der Waals surface area (Å²) in [5.41, 5.74) is 0.591. The van der Waals surface area contributed by atoms with Crippen LogP contribution in [0.1, 0.15) is 162 Å². The van der Waals surface area contributed by atoms with Crippen LogP contribution in [-0.2, 0) is 14.3 Å². The van der Waals surface area contributed by atoms with E-state index in [1.165, 1.54) is 51.4 Å².